The molecule has 11 heavy (non-hydrogen) atoms. The lowest BCUT2D eigenvalue weighted by molar-refractivity contribution is -0.184. The van der Waals surface area contributed by atoms with Gasteiger partial charge in [0.15, 0.2) is 6.29 Å². The molecule has 0 bridgehead atoms. The van der Waals surface area contributed by atoms with Gasteiger partial charge in [0.05, 0.1) is 6.10 Å². The summed E-state index contributed by atoms with van der Waals surface area (Å²) in [6, 6.07) is 0. The molecule has 1 aliphatic rings. The van der Waals surface area contributed by atoms with E-state index in [1.54, 1.807) is 6.92 Å². The van der Waals surface area contributed by atoms with E-state index in [0.29, 0.717) is 0 Å². The molecular weight excluding hydrogens is 148 g/mol. The fraction of sp³-hybridized carbons (Fsp3) is 1.00. The summed E-state index contributed by atoms with van der Waals surface area (Å²) in [5.41, 5.74) is -1.30. The average Bonchev–Trinajstić information content (AvgIpc) is 2.13. The van der Waals surface area contributed by atoms with Crippen LogP contribution in [-0.4, -0.2) is 41.4 Å². The number of methoxy groups -OCH3 is 1. The summed E-state index contributed by atoms with van der Waals surface area (Å²) in [7, 11) is 1.43. The molecule has 4 atom stereocenters. The van der Waals surface area contributed by atoms with Crippen LogP contribution in [0.15, 0.2) is 0 Å². The Morgan fingerprint density at radius 2 is 2.09 bits per heavy atom. The van der Waals surface area contributed by atoms with Crippen molar-refractivity contribution in [1.29, 1.82) is 0 Å². The first-order chi connectivity index (χ1) is 5.00. The Labute approximate surface area is 65.7 Å². The third kappa shape index (κ3) is 1.27. The monoisotopic (exact) mass is 162 g/mol. The molecule has 0 aliphatic carbocycles. The number of aliphatic hydroxyl groups is 2. The van der Waals surface area contributed by atoms with Crippen molar-refractivity contribution in [2.24, 2.45) is 0 Å². The molecule has 0 saturated carbocycles. The van der Waals surface area contributed by atoms with Gasteiger partial charge in [0.2, 0.25) is 0 Å². The van der Waals surface area contributed by atoms with E-state index < -0.39 is 18.0 Å². The topological polar surface area (TPSA) is 58.9 Å². The van der Waals surface area contributed by atoms with Gasteiger partial charge in [-0.15, -0.1) is 0 Å². The van der Waals surface area contributed by atoms with Crippen LogP contribution < -0.4 is 0 Å². The van der Waals surface area contributed by atoms with Crippen LogP contribution in [0.5, 0.6) is 0 Å². The lowest BCUT2D eigenvalue weighted by Crippen LogP contribution is -2.45. The zero-order valence-electron chi connectivity index (χ0n) is 6.94. The summed E-state index contributed by atoms with van der Waals surface area (Å²) >= 11 is 0. The van der Waals surface area contributed by atoms with Gasteiger partial charge in [-0.05, 0) is 13.8 Å². The standard InChI is InChI=1S/C7H14O4/c1-4-5(8)7(2,9)6(10-3)11-4/h4-6,8-9H,1-3H3/t4-,5+,6-,7+/m0/s1. The Kier molecular flexibility index (Phi) is 2.20. The summed E-state index contributed by atoms with van der Waals surface area (Å²) in [5.74, 6) is 0. The summed E-state index contributed by atoms with van der Waals surface area (Å²) in [6.45, 7) is 3.19. The molecule has 4 heteroatoms. The van der Waals surface area contributed by atoms with Crippen LogP contribution in [0.1, 0.15) is 13.8 Å². The van der Waals surface area contributed by atoms with E-state index in [1.165, 1.54) is 14.0 Å². The molecule has 0 spiro atoms. The van der Waals surface area contributed by atoms with Crippen molar-refractivity contribution in [1.82, 2.24) is 0 Å². The summed E-state index contributed by atoms with van der Waals surface area (Å²) in [5, 5.41) is 19.0. The minimum Gasteiger partial charge on any atom is -0.387 e. The Morgan fingerprint density at radius 3 is 2.27 bits per heavy atom. The minimum absolute atomic E-state index is 0.380. The van der Waals surface area contributed by atoms with Gasteiger partial charge in [0, 0.05) is 7.11 Å². The molecule has 66 valence electrons. The molecule has 0 radical (unpaired) electrons. The molecule has 1 heterocycles. The molecule has 1 fully saturated rings. The van der Waals surface area contributed by atoms with Crippen molar-refractivity contribution in [2.75, 3.05) is 7.11 Å². The Balaban J connectivity index is 2.74. The Hall–Kier alpha value is -0.160. The molecule has 0 unspecified atom stereocenters. The summed E-state index contributed by atoms with van der Waals surface area (Å²) in [4.78, 5) is 0. The average molecular weight is 162 g/mol. The van der Waals surface area contributed by atoms with Crippen molar-refractivity contribution in [3.05, 3.63) is 0 Å². The van der Waals surface area contributed by atoms with Crippen molar-refractivity contribution in [3.63, 3.8) is 0 Å². The molecule has 1 rings (SSSR count). The van der Waals surface area contributed by atoms with Crippen LogP contribution in [0, 0.1) is 0 Å². The molecule has 0 aromatic rings. The second-order valence-electron chi connectivity index (χ2n) is 3.08. The van der Waals surface area contributed by atoms with Gasteiger partial charge in [-0.3, -0.25) is 0 Å². The van der Waals surface area contributed by atoms with Gasteiger partial charge >= 0.3 is 0 Å². The number of ether oxygens (including phenoxy) is 2. The van der Waals surface area contributed by atoms with Gasteiger partial charge in [-0.2, -0.15) is 0 Å². The van der Waals surface area contributed by atoms with E-state index in [-0.39, 0.29) is 6.10 Å². The van der Waals surface area contributed by atoms with Gasteiger partial charge in [0.1, 0.15) is 11.7 Å². The SMILES string of the molecule is CO[C@H]1O[C@@H](C)[C@@H](O)[C@@]1(C)O. The second-order valence-corrected chi connectivity index (χ2v) is 3.08. The fourth-order valence-electron chi connectivity index (χ4n) is 1.32. The summed E-state index contributed by atoms with van der Waals surface area (Å²) < 4.78 is 9.95. The third-order valence-electron chi connectivity index (χ3n) is 2.07. The quantitative estimate of drug-likeness (QED) is 0.545. The highest BCUT2D eigenvalue weighted by Gasteiger charge is 2.50. The van der Waals surface area contributed by atoms with Gasteiger partial charge in [-0.1, -0.05) is 0 Å². The van der Waals surface area contributed by atoms with Crippen LogP contribution in [-0.2, 0) is 9.47 Å². The van der Waals surface area contributed by atoms with Crippen LogP contribution in [0.4, 0.5) is 0 Å². The smallest absolute Gasteiger partial charge is 0.188 e. The molecule has 1 aliphatic heterocycles. The maximum Gasteiger partial charge on any atom is 0.188 e. The first-order valence-corrected chi connectivity index (χ1v) is 3.59. The molecule has 4 nitrogen and oxygen atoms in total. The first-order valence-electron chi connectivity index (χ1n) is 3.59. The van der Waals surface area contributed by atoms with Crippen molar-refractivity contribution < 1.29 is 19.7 Å². The Bertz CT molecular complexity index is 145. The van der Waals surface area contributed by atoms with E-state index in [1.807, 2.05) is 0 Å². The lowest BCUT2D eigenvalue weighted by Gasteiger charge is -2.24. The molecule has 2 N–H and O–H groups in total. The normalized spacial score (nSPS) is 51.5. The molecule has 1 saturated heterocycles. The first kappa shape index (κ1) is 8.93. The number of hydrogen-bond acceptors (Lipinski definition) is 4. The highest BCUT2D eigenvalue weighted by atomic mass is 16.7. The third-order valence-corrected chi connectivity index (χ3v) is 2.07. The molecular formula is C7H14O4. The fourth-order valence-corrected chi connectivity index (χ4v) is 1.32. The van der Waals surface area contributed by atoms with Gasteiger partial charge < -0.3 is 19.7 Å². The maximum absolute atomic E-state index is 9.59. The van der Waals surface area contributed by atoms with Crippen LogP contribution >= 0.6 is 0 Å². The van der Waals surface area contributed by atoms with Crippen molar-refractivity contribution in [2.45, 2.75) is 37.9 Å². The zero-order valence-corrected chi connectivity index (χ0v) is 6.94. The maximum atomic E-state index is 9.59. The van der Waals surface area contributed by atoms with Gasteiger partial charge in [0.25, 0.3) is 0 Å². The largest absolute Gasteiger partial charge is 0.387 e. The van der Waals surface area contributed by atoms with Crippen LogP contribution in [0.3, 0.4) is 0 Å². The number of hydrogen-bond donors (Lipinski definition) is 2. The molecule has 0 amide bonds. The highest BCUT2D eigenvalue weighted by Crippen LogP contribution is 2.30. The van der Waals surface area contributed by atoms with E-state index >= 15 is 0 Å². The molecule has 0 aromatic carbocycles. The predicted molar refractivity (Wildman–Crippen MR) is 38.0 cm³/mol. The highest BCUT2D eigenvalue weighted by molar-refractivity contribution is 4.95. The van der Waals surface area contributed by atoms with E-state index in [2.05, 4.69) is 0 Å². The molecule has 0 aromatic heterocycles. The van der Waals surface area contributed by atoms with Crippen LogP contribution in [0.25, 0.3) is 0 Å². The summed E-state index contributed by atoms with van der Waals surface area (Å²) in [6.07, 6.45) is -1.99. The number of aliphatic hydroxyl groups excluding tert-OH is 1. The zero-order chi connectivity index (χ0) is 8.65. The predicted octanol–water partition coefficient (Wildman–Crippen LogP) is -0.510. The van der Waals surface area contributed by atoms with Gasteiger partial charge in [-0.25, -0.2) is 0 Å². The van der Waals surface area contributed by atoms with Crippen molar-refractivity contribution >= 4 is 0 Å². The van der Waals surface area contributed by atoms with Crippen molar-refractivity contribution in [3.8, 4) is 0 Å². The Morgan fingerprint density at radius 1 is 1.55 bits per heavy atom. The lowest BCUT2D eigenvalue weighted by atomic mass is 9.98. The van der Waals surface area contributed by atoms with E-state index in [0.717, 1.165) is 0 Å². The second kappa shape index (κ2) is 2.71. The minimum atomic E-state index is -1.30. The number of rotatable bonds is 1. The van der Waals surface area contributed by atoms with Crippen LogP contribution in [0.2, 0.25) is 0 Å². The van der Waals surface area contributed by atoms with E-state index in [9.17, 15) is 10.2 Å². The van der Waals surface area contributed by atoms with E-state index in [4.69, 9.17) is 9.47 Å².